The van der Waals surface area contributed by atoms with E-state index >= 15 is 0 Å². The van der Waals surface area contributed by atoms with Crippen molar-refractivity contribution >= 4 is 39.6 Å². The van der Waals surface area contributed by atoms with Crippen molar-refractivity contribution in [2.45, 2.75) is 38.6 Å². The number of methoxy groups -OCH3 is 1. The van der Waals surface area contributed by atoms with Crippen LogP contribution in [0.25, 0.3) is 10.4 Å². The highest BCUT2D eigenvalue weighted by Crippen LogP contribution is 2.36. The topological polar surface area (TPSA) is 41.6 Å². The van der Waals surface area contributed by atoms with E-state index in [1.54, 1.807) is 0 Å². The molecule has 1 aromatic carbocycles. The molecule has 0 bridgehead atoms. The number of anilines is 1. The van der Waals surface area contributed by atoms with Crippen molar-refractivity contribution in [3.63, 3.8) is 0 Å². The molecule has 138 valence electrons. The Morgan fingerprint density at radius 3 is 2.81 bits per heavy atom. The Hall–Kier alpha value is -1.92. The molecule has 0 unspecified atom stereocenters. The number of likely N-dealkylation sites (tertiary alicyclic amines) is 1. The third kappa shape index (κ3) is 4.07. The van der Waals surface area contributed by atoms with E-state index in [0.717, 1.165) is 34.8 Å². The predicted octanol–water partition coefficient (Wildman–Crippen LogP) is 5.16. The number of benzene rings is 1. The largest absolute Gasteiger partial charge is 0.465 e. The zero-order valence-electron chi connectivity index (χ0n) is 15.2. The van der Waals surface area contributed by atoms with Crippen molar-refractivity contribution in [3.05, 3.63) is 42.0 Å². The quantitative estimate of drug-likeness (QED) is 0.578. The number of ether oxygens (including phenoxy) is 1. The molecule has 4 nitrogen and oxygen atoms in total. The maximum Gasteiger partial charge on any atom is 0.340 e. The summed E-state index contributed by atoms with van der Waals surface area (Å²) in [7, 11) is 1.40. The zero-order valence-corrected chi connectivity index (χ0v) is 16.8. The van der Waals surface area contributed by atoms with Gasteiger partial charge in [0.05, 0.1) is 12.7 Å². The minimum Gasteiger partial charge on any atom is -0.465 e. The molecule has 1 atom stereocenters. The highest BCUT2D eigenvalue weighted by molar-refractivity contribution is 7.80. The Labute approximate surface area is 164 Å². The van der Waals surface area contributed by atoms with Crippen LogP contribution in [-0.4, -0.2) is 35.7 Å². The summed E-state index contributed by atoms with van der Waals surface area (Å²) in [6.07, 6.45) is 4.65. The van der Waals surface area contributed by atoms with Crippen LogP contribution in [0.1, 0.15) is 43.0 Å². The standard InChI is InChI=1S/C20H24N2O2S2/c1-3-15-11-7-8-12-22(15)20(25)21-18-16(19(23)24-2)13-17(26-18)14-9-5-4-6-10-14/h4-6,9-10,13,15H,3,7-8,11-12H2,1-2H3,(H,21,25)/t15-/m0/s1. The highest BCUT2D eigenvalue weighted by atomic mass is 32.1. The number of thiocarbonyl (C=S) groups is 1. The van der Waals surface area contributed by atoms with E-state index in [9.17, 15) is 4.79 Å². The van der Waals surface area contributed by atoms with Crippen molar-refractivity contribution in [2.75, 3.05) is 19.0 Å². The molecule has 0 saturated carbocycles. The molecule has 1 fully saturated rings. The van der Waals surface area contributed by atoms with Crippen molar-refractivity contribution < 1.29 is 9.53 Å². The SMILES string of the molecule is CC[C@H]1CCCCN1C(=S)Nc1sc(-c2ccccc2)cc1C(=O)OC. The number of nitrogens with one attached hydrogen (secondary N) is 1. The molecule has 0 aliphatic carbocycles. The summed E-state index contributed by atoms with van der Waals surface area (Å²) in [6, 6.07) is 12.4. The molecule has 2 heterocycles. The van der Waals surface area contributed by atoms with Crippen LogP contribution in [0.15, 0.2) is 36.4 Å². The molecule has 1 aromatic heterocycles. The zero-order chi connectivity index (χ0) is 18.5. The van der Waals surface area contributed by atoms with Gasteiger partial charge in [-0.3, -0.25) is 0 Å². The second-order valence-electron chi connectivity index (χ2n) is 6.39. The molecule has 0 radical (unpaired) electrons. The van der Waals surface area contributed by atoms with E-state index in [1.807, 2.05) is 36.4 Å². The summed E-state index contributed by atoms with van der Waals surface area (Å²) in [5, 5.41) is 4.77. The number of esters is 1. The lowest BCUT2D eigenvalue weighted by Gasteiger charge is -2.37. The maximum atomic E-state index is 12.2. The first-order valence-corrected chi connectivity index (χ1v) is 10.2. The number of piperidine rings is 1. The van der Waals surface area contributed by atoms with E-state index in [1.165, 1.54) is 31.3 Å². The van der Waals surface area contributed by atoms with Crippen LogP contribution in [0, 0.1) is 0 Å². The van der Waals surface area contributed by atoms with Gasteiger partial charge in [0.2, 0.25) is 0 Å². The van der Waals surface area contributed by atoms with Gasteiger partial charge in [0.25, 0.3) is 0 Å². The highest BCUT2D eigenvalue weighted by Gasteiger charge is 2.25. The van der Waals surface area contributed by atoms with Gasteiger partial charge in [-0.15, -0.1) is 11.3 Å². The average molecular weight is 389 g/mol. The van der Waals surface area contributed by atoms with Crippen LogP contribution < -0.4 is 5.32 Å². The Morgan fingerprint density at radius 2 is 2.12 bits per heavy atom. The van der Waals surface area contributed by atoms with E-state index in [0.29, 0.717) is 16.7 Å². The van der Waals surface area contributed by atoms with Crippen molar-refractivity contribution in [1.82, 2.24) is 4.90 Å². The summed E-state index contributed by atoms with van der Waals surface area (Å²) in [6.45, 7) is 3.17. The van der Waals surface area contributed by atoms with Crippen LogP contribution in [0.4, 0.5) is 5.00 Å². The van der Waals surface area contributed by atoms with Gasteiger partial charge in [0.15, 0.2) is 5.11 Å². The molecular weight excluding hydrogens is 364 g/mol. The minimum atomic E-state index is -0.348. The Bertz CT molecular complexity index is 773. The third-order valence-corrected chi connectivity index (χ3v) is 6.21. The van der Waals surface area contributed by atoms with Gasteiger partial charge in [-0.25, -0.2) is 4.79 Å². The second kappa shape index (κ2) is 8.64. The number of hydrogen-bond acceptors (Lipinski definition) is 4. The summed E-state index contributed by atoms with van der Waals surface area (Å²) in [4.78, 5) is 15.5. The minimum absolute atomic E-state index is 0.348. The molecule has 1 saturated heterocycles. The summed E-state index contributed by atoms with van der Waals surface area (Å²) in [5.74, 6) is -0.348. The first kappa shape index (κ1) is 18.9. The third-order valence-electron chi connectivity index (χ3n) is 4.78. The summed E-state index contributed by atoms with van der Waals surface area (Å²) >= 11 is 7.21. The molecule has 26 heavy (non-hydrogen) atoms. The fourth-order valence-electron chi connectivity index (χ4n) is 3.35. The number of carbonyl (C=O) groups is 1. The molecule has 1 N–H and O–H groups in total. The molecule has 0 spiro atoms. The summed E-state index contributed by atoms with van der Waals surface area (Å²) in [5.41, 5.74) is 1.61. The summed E-state index contributed by atoms with van der Waals surface area (Å²) < 4.78 is 4.97. The lowest BCUT2D eigenvalue weighted by molar-refractivity contribution is 0.0602. The smallest absolute Gasteiger partial charge is 0.340 e. The molecular formula is C20H24N2O2S2. The molecule has 1 aliphatic heterocycles. The monoisotopic (exact) mass is 388 g/mol. The van der Waals surface area contributed by atoms with Gasteiger partial charge >= 0.3 is 5.97 Å². The van der Waals surface area contributed by atoms with Crippen LogP contribution >= 0.6 is 23.6 Å². The first-order chi connectivity index (χ1) is 12.6. The molecule has 0 amide bonds. The normalized spacial score (nSPS) is 17.0. The van der Waals surface area contributed by atoms with Crippen LogP contribution in [0.3, 0.4) is 0 Å². The lowest BCUT2D eigenvalue weighted by Crippen LogP contribution is -2.45. The lowest BCUT2D eigenvalue weighted by atomic mass is 10.0. The van der Waals surface area contributed by atoms with Crippen molar-refractivity contribution in [3.8, 4) is 10.4 Å². The van der Waals surface area contributed by atoms with Gasteiger partial charge in [-0.2, -0.15) is 0 Å². The molecule has 3 rings (SSSR count). The number of thiophene rings is 1. The van der Waals surface area contributed by atoms with Gasteiger partial charge in [0.1, 0.15) is 5.00 Å². The van der Waals surface area contributed by atoms with Gasteiger partial charge in [-0.1, -0.05) is 37.3 Å². The van der Waals surface area contributed by atoms with E-state index in [2.05, 4.69) is 17.1 Å². The molecule has 6 heteroatoms. The van der Waals surface area contributed by atoms with Crippen molar-refractivity contribution in [1.29, 1.82) is 0 Å². The number of hydrogen-bond donors (Lipinski definition) is 1. The van der Waals surface area contributed by atoms with Crippen LogP contribution in [0.5, 0.6) is 0 Å². The van der Waals surface area contributed by atoms with Crippen LogP contribution in [-0.2, 0) is 4.74 Å². The Balaban J connectivity index is 1.87. The van der Waals surface area contributed by atoms with E-state index < -0.39 is 0 Å². The van der Waals surface area contributed by atoms with Crippen LogP contribution in [0.2, 0.25) is 0 Å². The van der Waals surface area contributed by atoms with Crippen molar-refractivity contribution in [2.24, 2.45) is 0 Å². The Morgan fingerprint density at radius 1 is 1.35 bits per heavy atom. The molecule has 2 aromatic rings. The predicted molar refractivity (Wildman–Crippen MR) is 112 cm³/mol. The maximum absolute atomic E-state index is 12.2. The average Bonchev–Trinajstić information content (AvgIpc) is 3.11. The molecule has 1 aliphatic rings. The van der Waals surface area contributed by atoms with E-state index in [4.69, 9.17) is 17.0 Å². The van der Waals surface area contributed by atoms with Gasteiger partial charge in [-0.05, 0) is 49.5 Å². The number of rotatable bonds is 4. The number of nitrogens with zero attached hydrogens (tertiary/aromatic N) is 1. The number of carbonyl (C=O) groups excluding carboxylic acids is 1. The fourth-order valence-corrected chi connectivity index (χ4v) is 4.81. The Kier molecular flexibility index (Phi) is 6.27. The fraction of sp³-hybridized carbons (Fsp3) is 0.400. The van der Waals surface area contributed by atoms with Gasteiger partial charge < -0.3 is 15.0 Å². The second-order valence-corrected chi connectivity index (χ2v) is 7.83. The van der Waals surface area contributed by atoms with E-state index in [-0.39, 0.29) is 5.97 Å². The van der Waals surface area contributed by atoms with Gasteiger partial charge in [0, 0.05) is 17.5 Å². The first-order valence-electron chi connectivity index (χ1n) is 8.99.